The summed E-state index contributed by atoms with van der Waals surface area (Å²) in [7, 11) is 0. The van der Waals surface area contributed by atoms with Crippen LogP contribution in [-0.2, 0) is 19.5 Å². The van der Waals surface area contributed by atoms with Crippen LogP contribution in [0.1, 0.15) is 24.1 Å². The van der Waals surface area contributed by atoms with Crippen molar-refractivity contribution >= 4 is 0 Å². The third kappa shape index (κ3) is 4.37. The Morgan fingerprint density at radius 2 is 2.03 bits per heavy atom. The van der Waals surface area contributed by atoms with Crippen LogP contribution in [0.15, 0.2) is 53.6 Å². The number of H-pyrrole nitrogens is 1. The van der Waals surface area contributed by atoms with Crippen LogP contribution in [0.5, 0.6) is 0 Å². The Kier molecular flexibility index (Phi) is 5.46. The Hall–Kier alpha value is -2.77. The molecule has 7 heteroatoms. The first-order valence-corrected chi connectivity index (χ1v) is 10.9. The van der Waals surface area contributed by atoms with Gasteiger partial charge in [-0.05, 0) is 31.0 Å². The molecule has 2 saturated heterocycles. The molecule has 0 bridgehead atoms. The van der Waals surface area contributed by atoms with E-state index in [1.807, 2.05) is 16.9 Å². The molecule has 5 rings (SSSR count). The van der Waals surface area contributed by atoms with E-state index in [4.69, 9.17) is 0 Å². The van der Waals surface area contributed by atoms with E-state index in [-0.39, 0.29) is 5.56 Å². The van der Waals surface area contributed by atoms with Crippen molar-refractivity contribution in [2.75, 3.05) is 26.2 Å². The summed E-state index contributed by atoms with van der Waals surface area (Å²) in [6, 6.07) is 12.7. The Bertz CT molecular complexity index is 1030. The van der Waals surface area contributed by atoms with E-state index in [1.165, 1.54) is 38.0 Å². The van der Waals surface area contributed by atoms with E-state index in [2.05, 4.69) is 49.1 Å². The molecule has 2 aliphatic rings. The second kappa shape index (κ2) is 8.53. The fourth-order valence-corrected chi connectivity index (χ4v) is 4.66. The monoisotopic (exact) mass is 404 g/mol. The first-order valence-electron chi connectivity index (χ1n) is 10.9. The molecule has 2 aromatic heterocycles. The first-order chi connectivity index (χ1) is 14.7. The maximum atomic E-state index is 12.1. The lowest BCUT2D eigenvalue weighted by atomic mass is 10.1. The lowest BCUT2D eigenvalue weighted by molar-refractivity contribution is 0.0994. The summed E-state index contributed by atoms with van der Waals surface area (Å²) in [6.45, 7) is 6.48. The quantitative estimate of drug-likeness (QED) is 0.682. The number of rotatable bonds is 6. The van der Waals surface area contributed by atoms with Gasteiger partial charge in [-0.1, -0.05) is 24.3 Å². The lowest BCUT2D eigenvalue weighted by Gasteiger charge is -2.37. The van der Waals surface area contributed by atoms with Crippen LogP contribution < -0.4 is 5.56 Å². The summed E-state index contributed by atoms with van der Waals surface area (Å²) in [5, 5.41) is 4.21. The van der Waals surface area contributed by atoms with E-state index in [0.717, 1.165) is 30.4 Å². The molecule has 156 valence electrons. The zero-order valence-electron chi connectivity index (χ0n) is 17.2. The minimum absolute atomic E-state index is 0.117. The number of aromatic amines is 1. The molecule has 0 amide bonds. The van der Waals surface area contributed by atoms with Gasteiger partial charge in [0, 0.05) is 69.2 Å². The molecule has 0 saturated carbocycles. The normalized spacial score (nSPS) is 19.8. The average molecular weight is 405 g/mol. The molecule has 4 heterocycles. The summed E-state index contributed by atoms with van der Waals surface area (Å²) < 4.78 is 1.85. The maximum Gasteiger partial charge on any atom is 0.251 e. The van der Waals surface area contributed by atoms with Gasteiger partial charge in [-0.3, -0.25) is 19.3 Å². The third-order valence-electron chi connectivity index (χ3n) is 6.26. The highest BCUT2D eigenvalue weighted by molar-refractivity contribution is 5.55. The molecule has 2 aliphatic heterocycles. The van der Waals surface area contributed by atoms with Gasteiger partial charge in [-0.2, -0.15) is 5.10 Å². The highest BCUT2D eigenvalue weighted by Crippen LogP contribution is 2.23. The van der Waals surface area contributed by atoms with Crippen molar-refractivity contribution < 1.29 is 0 Å². The van der Waals surface area contributed by atoms with Crippen molar-refractivity contribution in [3.05, 3.63) is 70.4 Å². The molecule has 1 aromatic carbocycles. The van der Waals surface area contributed by atoms with Crippen LogP contribution in [0.3, 0.4) is 0 Å². The fourth-order valence-electron chi connectivity index (χ4n) is 4.66. The van der Waals surface area contributed by atoms with E-state index < -0.39 is 0 Å². The summed E-state index contributed by atoms with van der Waals surface area (Å²) in [5.74, 6) is 0.629. The molecular weight excluding hydrogens is 376 g/mol. The highest BCUT2D eigenvalue weighted by Gasteiger charge is 2.30. The molecule has 2 fully saturated rings. The molecule has 0 spiro atoms. The minimum Gasteiger partial charge on any atom is -0.307 e. The molecule has 0 aliphatic carbocycles. The number of hydrogen-bond donors (Lipinski definition) is 1. The van der Waals surface area contributed by atoms with Crippen LogP contribution in [0.25, 0.3) is 11.4 Å². The van der Waals surface area contributed by atoms with Gasteiger partial charge in [0.05, 0.1) is 5.69 Å². The molecule has 1 N–H and O–H groups in total. The smallest absolute Gasteiger partial charge is 0.251 e. The minimum atomic E-state index is -0.117. The van der Waals surface area contributed by atoms with Gasteiger partial charge in [0.2, 0.25) is 0 Å². The van der Waals surface area contributed by atoms with Crippen molar-refractivity contribution in [2.45, 2.75) is 38.4 Å². The van der Waals surface area contributed by atoms with Crippen molar-refractivity contribution in [1.29, 1.82) is 0 Å². The summed E-state index contributed by atoms with van der Waals surface area (Å²) in [5.41, 5.74) is 2.91. The number of nitrogens with zero attached hydrogens (tertiary/aromatic N) is 5. The van der Waals surface area contributed by atoms with Crippen molar-refractivity contribution in [3.63, 3.8) is 0 Å². The van der Waals surface area contributed by atoms with E-state index in [0.29, 0.717) is 18.8 Å². The van der Waals surface area contributed by atoms with Crippen molar-refractivity contribution in [3.8, 4) is 11.4 Å². The first kappa shape index (κ1) is 19.2. The topological polar surface area (TPSA) is 70.1 Å². The van der Waals surface area contributed by atoms with E-state index >= 15 is 0 Å². The molecule has 1 atom stereocenters. The van der Waals surface area contributed by atoms with Crippen LogP contribution in [0.4, 0.5) is 0 Å². The van der Waals surface area contributed by atoms with Crippen LogP contribution in [-0.4, -0.2) is 61.8 Å². The van der Waals surface area contributed by atoms with Gasteiger partial charge in [0.25, 0.3) is 5.56 Å². The number of aromatic nitrogens is 4. The lowest BCUT2D eigenvalue weighted by Crippen LogP contribution is -2.49. The van der Waals surface area contributed by atoms with Crippen LogP contribution >= 0.6 is 0 Å². The van der Waals surface area contributed by atoms with Gasteiger partial charge in [0.1, 0.15) is 5.82 Å². The third-order valence-corrected chi connectivity index (χ3v) is 6.26. The number of nitrogens with one attached hydrogen (secondary N) is 1. The predicted molar refractivity (Wildman–Crippen MR) is 116 cm³/mol. The Morgan fingerprint density at radius 1 is 1.13 bits per heavy atom. The molecule has 30 heavy (non-hydrogen) atoms. The van der Waals surface area contributed by atoms with Crippen LogP contribution in [0.2, 0.25) is 0 Å². The summed E-state index contributed by atoms with van der Waals surface area (Å²) in [4.78, 5) is 24.9. The SMILES string of the molecule is O=c1cc(CCn2cccn2)nc(-c2ccc(CN3CCN4CCCC4C3)cc2)[nH]1. The van der Waals surface area contributed by atoms with Gasteiger partial charge >= 0.3 is 0 Å². The highest BCUT2D eigenvalue weighted by atomic mass is 16.1. The van der Waals surface area contributed by atoms with Crippen molar-refractivity contribution in [2.24, 2.45) is 0 Å². The Morgan fingerprint density at radius 3 is 2.87 bits per heavy atom. The number of fused-ring (bicyclic) bond motifs is 1. The number of piperazine rings is 1. The average Bonchev–Trinajstić information content (AvgIpc) is 3.44. The van der Waals surface area contributed by atoms with Gasteiger partial charge in [0.15, 0.2) is 0 Å². The van der Waals surface area contributed by atoms with Gasteiger partial charge in [-0.25, -0.2) is 4.98 Å². The van der Waals surface area contributed by atoms with Gasteiger partial charge < -0.3 is 4.98 Å². The predicted octanol–water partition coefficient (Wildman–Crippen LogP) is 2.16. The van der Waals surface area contributed by atoms with E-state index in [9.17, 15) is 4.79 Å². The molecule has 7 nitrogen and oxygen atoms in total. The zero-order chi connectivity index (χ0) is 20.3. The summed E-state index contributed by atoms with van der Waals surface area (Å²) >= 11 is 0. The van der Waals surface area contributed by atoms with Gasteiger partial charge in [-0.15, -0.1) is 0 Å². The second-order valence-electron chi connectivity index (χ2n) is 8.37. The Labute approximate surface area is 176 Å². The molecule has 0 radical (unpaired) electrons. The number of benzene rings is 1. The van der Waals surface area contributed by atoms with E-state index in [1.54, 1.807) is 12.3 Å². The standard InChI is InChI=1S/C23H28N6O/c30-22-15-20(8-12-29-11-2-9-24-29)25-23(26-22)19-6-4-18(5-7-19)16-27-13-14-28-10-1-3-21(28)17-27/h2,4-7,9,11,15,21H,1,3,8,10,12-14,16-17H2,(H,25,26,30). The molecule has 1 unspecified atom stereocenters. The maximum absolute atomic E-state index is 12.1. The summed E-state index contributed by atoms with van der Waals surface area (Å²) in [6.07, 6.45) is 7.03. The molecular formula is C23H28N6O. The van der Waals surface area contributed by atoms with Crippen molar-refractivity contribution in [1.82, 2.24) is 29.5 Å². The molecule has 3 aromatic rings. The largest absolute Gasteiger partial charge is 0.307 e. The number of hydrogen-bond acceptors (Lipinski definition) is 5. The number of aryl methyl sites for hydroxylation is 2. The Balaban J connectivity index is 1.25. The second-order valence-corrected chi connectivity index (χ2v) is 8.37. The van der Waals surface area contributed by atoms with Crippen LogP contribution in [0, 0.1) is 0 Å². The zero-order valence-corrected chi connectivity index (χ0v) is 17.2. The fraction of sp³-hybridized carbons (Fsp3) is 0.435.